The molecule has 1 atom stereocenters. The molecule has 0 aliphatic heterocycles. The van der Waals surface area contributed by atoms with Crippen LogP contribution in [0.15, 0.2) is 0 Å². The van der Waals surface area contributed by atoms with Gasteiger partial charge in [-0.3, -0.25) is 0 Å². The molecule has 0 aromatic carbocycles. The second-order valence-electron chi connectivity index (χ2n) is 3.76. The molecule has 22 heavy (non-hydrogen) atoms. The van der Waals surface area contributed by atoms with Gasteiger partial charge in [-0.1, -0.05) is 0 Å². The number of hydrogen-bond donors (Lipinski definition) is 1. The van der Waals surface area contributed by atoms with Crippen LogP contribution in [-0.2, 0) is 0 Å². The Bertz CT molecular complexity index is 498. The van der Waals surface area contributed by atoms with E-state index in [2.05, 4.69) is 0 Å². The third-order valence-corrected chi connectivity index (χ3v) is 2.26. The zero-order valence-electron chi connectivity index (χ0n) is 12.4. The molecule has 0 fully saturated rings. The fraction of sp³-hybridized carbons (Fsp3) is 1.00. The first kappa shape index (κ1) is 15.9. The van der Waals surface area contributed by atoms with Crippen LogP contribution in [0.1, 0.15) is 11.0 Å². The van der Waals surface area contributed by atoms with Crippen LogP contribution in [0.4, 0.5) is 57.1 Å². The SMILES string of the molecule is [2H]C([2H])C([2H])(F)C(F)(F)C(F)(F)C(F)(F)C(F)(F)C(F)(F)C(O)(F)F. The molecule has 0 saturated carbocycles. The molecule has 1 unspecified atom stereocenters. The Hall–Kier alpha value is -0.950. The van der Waals surface area contributed by atoms with Crippen molar-refractivity contribution in [2.24, 2.45) is 0 Å². The zero-order chi connectivity index (χ0) is 21.1. The van der Waals surface area contributed by atoms with Crippen LogP contribution in [0.5, 0.6) is 0 Å². The second-order valence-corrected chi connectivity index (χ2v) is 3.76. The summed E-state index contributed by atoms with van der Waals surface area (Å²) in [6, 6.07) is 0. The van der Waals surface area contributed by atoms with E-state index in [1.165, 1.54) is 0 Å². The van der Waals surface area contributed by atoms with Gasteiger partial charge in [0.05, 0.1) is 1.37 Å². The standard InChI is InChI=1S/C8H5F13O/c1-2(9)3(10,11)4(12,13)5(14,15)6(16,17)7(18,19)8(20,21)22/h2,22H,1H3/i1D2,2D. The average Bonchev–Trinajstić information content (AvgIpc) is 2.35. The van der Waals surface area contributed by atoms with Crippen LogP contribution in [0.3, 0.4) is 0 Å². The fourth-order valence-corrected chi connectivity index (χ4v) is 0.930. The maximum Gasteiger partial charge on any atom is 0.423 e. The molecule has 14 heteroatoms. The van der Waals surface area contributed by atoms with Crippen molar-refractivity contribution in [1.82, 2.24) is 0 Å². The average molecular weight is 367 g/mol. The minimum Gasteiger partial charge on any atom is -0.331 e. The number of rotatable bonds is 6. The zero-order valence-corrected chi connectivity index (χ0v) is 9.44. The highest BCUT2D eigenvalue weighted by Crippen LogP contribution is 2.60. The van der Waals surface area contributed by atoms with E-state index in [9.17, 15) is 57.1 Å². The van der Waals surface area contributed by atoms with Crippen molar-refractivity contribution < 1.29 is 66.3 Å². The van der Waals surface area contributed by atoms with Gasteiger partial charge in [0.15, 0.2) is 6.15 Å². The molecule has 0 aliphatic rings. The molecule has 0 aromatic rings. The molecule has 1 nitrogen and oxygen atoms in total. The van der Waals surface area contributed by atoms with Crippen molar-refractivity contribution in [2.45, 2.75) is 48.7 Å². The van der Waals surface area contributed by atoms with E-state index >= 15 is 0 Å². The summed E-state index contributed by atoms with van der Waals surface area (Å²) in [7, 11) is 0. The molecule has 0 heterocycles. The Morgan fingerprint density at radius 2 is 1.05 bits per heavy atom. The van der Waals surface area contributed by atoms with E-state index in [1.807, 2.05) is 0 Å². The lowest BCUT2D eigenvalue weighted by molar-refractivity contribution is -0.453. The van der Waals surface area contributed by atoms with Crippen molar-refractivity contribution in [3.8, 4) is 0 Å². The molecular weight excluding hydrogens is 359 g/mol. The van der Waals surface area contributed by atoms with Gasteiger partial charge < -0.3 is 5.11 Å². The predicted molar refractivity (Wildman–Crippen MR) is 42.5 cm³/mol. The highest BCUT2D eigenvalue weighted by molar-refractivity contribution is 5.11. The van der Waals surface area contributed by atoms with Crippen LogP contribution >= 0.6 is 0 Å². The number of alkyl halides is 13. The normalized spacial score (nSPS) is 21.1. The van der Waals surface area contributed by atoms with E-state index in [4.69, 9.17) is 9.22 Å². The highest BCUT2D eigenvalue weighted by Gasteiger charge is 2.90. The monoisotopic (exact) mass is 367 g/mol. The summed E-state index contributed by atoms with van der Waals surface area (Å²) in [5.41, 5.74) is 0. The van der Waals surface area contributed by atoms with Crippen LogP contribution in [0.2, 0.25) is 0 Å². The molecule has 0 radical (unpaired) electrons. The minimum absolute atomic E-state index is 4.04. The number of aliphatic hydroxyl groups is 1. The van der Waals surface area contributed by atoms with E-state index in [-0.39, 0.29) is 0 Å². The molecule has 0 bridgehead atoms. The Balaban J connectivity index is 6.50. The number of hydrogen-bond acceptors (Lipinski definition) is 1. The molecular formula is C8H5F13O. The molecule has 0 spiro atoms. The molecule has 0 saturated heterocycles. The van der Waals surface area contributed by atoms with Gasteiger partial charge in [0, 0.05) is 2.74 Å². The van der Waals surface area contributed by atoms with Crippen molar-refractivity contribution in [1.29, 1.82) is 0 Å². The van der Waals surface area contributed by atoms with E-state index in [0.29, 0.717) is 0 Å². The predicted octanol–water partition coefficient (Wildman–Crippen LogP) is 4.11. The lowest BCUT2D eigenvalue weighted by Crippen LogP contribution is -2.71. The second kappa shape index (κ2) is 5.03. The summed E-state index contributed by atoms with van der Waals surface area (Å²) in [6.45, 7) is -4.04. The van der Waals surface area contributed by atoms with Gasteiger partial charge in [-0.05, 0) is 6.88 Å². The Morgan fingerprint density at radius 3 is 1.32 bits per heavy atom. The van der Waals surface area contributed by atoms with Gasteiger partial charge in [-0.2, -0.15) is 52.7 Å². The molecule has 134 valence electrons. The molecule has 0 aliphatic carbocycles. The van der Waals surface area contributed by atoms with E-state index in [0.717, 1.165) is 0 Å². The topological polar surface area (TPSA) is 20.2 Å². The maximum atomic E-state index is 13.1. The van der Waals surface area contributed by atoms with Crippen LogP contribution in [0, 0.1) is 0 Å². The molecule has 0 aromatic heterocycles. The van der Waals surface area contributed by atoms with Crippen molar-refractivity contribution in [3.63, 3.8) is 0 Å². The highest BCUT2D eigenvalue weighted by atomic mass is 19.4. The third kappa shape index (κ3) is 2.48. The lowest BCUT2D eigenvalue weighted by atomic mass is 9.92. The van der Waals surface area contributed by atoms with Crippen LogP contribution in [-0.4, -0.2) is 47.0 Å². The van der Waals surface area contributed by atoms with Gasteiger partial charge in [-0.15, -0.1) is 0 Å². The van der Waals surface area contributed by atoms with Crippen molar-refractivity contribution in [3.05, 3.63) is 0 Å². The lowest BCUT2D eigenvalue weighted by Gasteiger charge is -2.40. The maximum absolute atomic E-state index is 13.1. The first-order valence-corrected chi connectivity index (χ1v) is 4.47. The Kier molecular flexibility index (Phi) is 3.64. The van der Waals surface area contributed by atoms with Crippen molar-refractivity contribution in [2.75, 3.05) is 0 Å². The summed E-state index contributed by atoms with van der Waals surface area (Å²) in [5, 5.41) is 7.46. The van der Waals surface area contributed by atoms with Gasteiger partial charge >= 0.3 is 35.7 Å². The summed E-state index contributed by atoms with van der Waals surface area (Å²) in [6.07, 6.45) is -13.2. The Labute approximate surface area is 116 Å². The van der Waals surface area contributed by atoms with Gasteiger partial charge in [-0.25, -0.2) is 4.39 Å². The summed E-state index contributed by atoms with van der Waals surface area (Å²) >= 11 is 0. The minimum atomic E-state index is -8.17. The van der Waals surface area contributed by atoms with Crippen LogP contribution in [0.25, 0.3) is 0 Å². The molecule has 1 N–H and O–H groups in total. The summed E-state index contributed by atoms with van der Waals surface area (Å²) < 4.78 is 184. The van der Waals surface area contributed by atoms with Gasteiger partial charge in [0.1, 0.15) is 0 Å². The van der Waals surface area contributed by atoms with E-state index in [1.54, 1.807) is 0 Å². The quantitative estimate of drug-likeness (QED) is 0.701. The first-order valence-electron chi connectivity index (χ1n) is 6.12. The van der Waals surface area contributed by atoms with Gasteiger partial charge in [0.25, 0.3) is 0 Å². The van der Waals surface area contributed by atoms with Crippen LogP contribution < -0.4 is 0 Å². The number of halogens is 13. The molecule has 0 rings (SSSR count). The summed E-state index contributed by atoms with van der Waals surface area (Å²) in [4.78, 5) is 0. The smallest absolute Gasteiger partial charge is 0.331 e. The third-order valence-electron chi connectivity index (χ3n) is 2.26. The van der Waals surface area contributed by atoms with E-state index < -0.39 is 48.7 Å². The fourth-order valence-electron chi connectivity index (χ4n) is 0.930. The summed E-state index contributed by atoms with van der Waals surface area (Å²) in [5.74, 6) is -39.4. The Morgan fingerprint density at radius 1 is 0.727 bits per heavy atom. The van der Waals surface area contributed by atoms with Crippen molar-refractivity contribution >= 4 is 0 Å². The first-order chi connectivity index (χ1) is 10.4. The van der Waals surface area contributed by atoms with Gasteiger partial charge in [0.2, 0.25) is 0 Å². The largest absolute Gasteiger partial charge is 0.423 e. The molecule has 0 amide bonds.